The van der Waals surface area contributed by atoms with E-state index in [-0.39, 0.29) is 17.0 Å². The summed E-state index contributed by atoms with van der Waals surface area (Å²) in [5, 5.41) is 0. The van der Waals surface area contributed by atoms with Crippen molar-refractivity contribution < 1.29 is 0 Å². The average Bonchev–Trinajstić information content (AvgIpc) is 2.14. The molecular weight excluding hydrogens is 160 g/mol. The molecule has 78 valence electrons. The van der Waals surface area contributed by atoms with E-state index in [1.807, 2.05) is 0 Å². The highest BCUT2D eigenvalue weighted by atomic mass is 14.9. The van der Waals surface area contributed by atoms with Crippen LogP contribution in [0.25, 0.3) is 0 Å². The second kappa shape index (κ2) is 3.58. The maximum Gasteiger partial charge on any atom is 0.0359 e. The zero-order chi connectivity index (χ0) is 10.1. The van der Waals surface area contributed by atoms with Crippen LogP contribution in [0.5, 0.6) is 0 Å². The molecule has 0 saturated heterocycles. The molecule has 1 aliphatic rings. The van der Waals surface area contributed by atoms with Gasteiger partial charge in [-0.05, 0) is 31.1 Å². The van der Waals surface area contributed by atoms with Crippen LogP contribution in [0.2, 0.25) is 0 Å². The van der Waals surface area contributed by atoms with Gasteiger partial charge in [-0.2, -0.15) is 0 Å². The van der Waals surface area contributed by atoms with E-state index in [0.717, 1.165) is 19.3 Å². The highest BCUT2D eigenvalue weighted by molar-refractivity contribution is 5.07. The molecule has 3 atom stereocenters. The molecule has 0 aliphatic heterocycles. The van der Waals surface area contributed by atoms with E-state index in [0.29, 0.717) is 0 Å². The molecule has 2 heteroatoms. The fourth-order valence-corrected chi connectivity index (χ4v) is 2.84. The van der Waals surface area contributed by atoms with Crippen LogP contribution in [0.1, 0.15) is 52.9 Å². The van der Waals surface area contributed by atoms with Crippen LogP contribution < -0.4 is 11.5 Å². The Bertz CT molecular complexity index is 181. The minimum absolute atomic E-state index is 0.139. The molecule has 0 aromatic rings. The van der Waals surface area contributed by atoms with Gasteiger partial charge in [-0.25, -0.2) is 0 Å². The second-order valence-electron chi connectivity index (χ2n) is 4.81. The highest BCUT2D eigenvalue weighted by Crippen LogP contribution is 2.45. The van der Waals surface area contributed by atoms with Crippen molar-refractivity contribution in [3.05, 3.63) is 0 Å². The second-order valence-corrected chi connectivity index (χ2v) is 4.81. The predicted octanol–water partition coefficient (Wildman–Crippen LogP) is 2.02. The zero-order valence-corrected chi connectivity index (χ0v) is 9.27. The third kappa shape index (κ3) is 1.50. The summed E-state index contributed by atoms with van der Waals surface area (Å²) in [6.45, 7) is 6.70. The molecule has 1 rings (SSSR count). The molecule has 0 aromatic carbocycles. The van der Waals surface area contributed by atoms with Gasteiger partial charge in [0.15, 0.2) is 0 Å². The topological polar surface area (TPSA) is 52.0 Å². The fraction of sp³-hybridized carbons (Fsp3) is 1.00. The lowest BCUT2D eigenvalue weighted by molar-refractivity contribution is 0.0524. The first kappa shape index (κ1) is 11.0. The largest absolute Gasteiger partial charge is 0.326 e. The van der Waals surface area contributed by atoms with Gasteiger partial charge in [0, 0.05) is 11.6 Å². The van der Waals surface area contributed by atoms with Gasteiger partial charge in [0.2, 0.25) is 0 Å². The molecule has 1 aliphatic carbocycles. The minimum Gasteiger partial charge on any atom is -0.326 e. The smallest absolute Gasteiger partial charge is 0.0359 e. The lowest BCUT2D eigenvalue weighted by Gasteiger charge is -2.53. The van der Waals surface area contributed by atoms with Gasteiger partial charge in [0.05, 0.1) is 0 Å². The average molecular weight is 184 g/mol. The molecule has 0 amide bonds. The molecule has 0 bridgehead atoms. The summed E-state index contributed by atoms with van der Waals surface area (Å²) in [5.74, 6) is 0. The summed E-state index contributed by atoms with van der Waals surface area (Å²) in [7, 11) is 0. The van der Waals surface area contributed by atoms with Crippen LogP contribution in [0, 0.1) is 5.41 Å². The molecule has 0 spiro atoms. The van der Waals surface area contributed by atoms with Crippen LogP contribution >= 0.6 is 0 Å². The summed E-state index contributed by atoms with van der Waals surface area (Å²) in [6, 6.07) is 0.191. The highest BCUT2D eigenvalue weighted by Gasteiger charge is 2.48. The first-order valence-corrected chi connectivity index (χ1v) is 5.54. The van der Waals surface area contributed by atoms with Gasteiger partial charge in [-0.15, -0.1) is 0 Å². The van der Waals surface area contributed by atoms with E-state index in [9.17, 15) is 0 Å². The van der Waals surface area contributed by atoms with E-state index in [2.05, 4.69) is 20.8 Å². The lowest BCUT2D eigenvalue weighted by atomic mass is 9.58. The van der Waals surface area contributed by atoms with Crippen molar-refractivity contribution in [2.24, 2.45) is 16.9 Å². The van der Waals surface area contributed by atoms with E-state index >= 15 is 0 Å². The Labute approximate surface area is 82.1 Å². The third-order valence-corrected chi connectivity index (χ3v) is 4.39. The van der Waals surface area contributed by atoms with Crippen LogP contribution in [-0.2, 0) is 0 Å². The van der Waals surface area contributed by atoms with E-state index in [1.54, 1.807) is 0 Å². The van der Waals surface area contributed by atoms with Gasteiger partial charge >= 0.3 is 0 Å². The Kier molecular flexibility index (Phi) is 3.03. The van der Waals surface area contributed by atoms with Crippen LogP contribution in [0.4, 0.5) is 0 Å². The maximum absolute atomic E-state index is 6.47. The quantitative estimate of drug-likeness (QED) is 0.690. The number of nitrogens with two attached hydrogens (primary N) is 2. The summed E-state index contributed by atoms with van der Waals surface area (Å²) >= 11 is 0. The third-order valence-electron chi connectivity index (χ3n) is 4.39. The van der Waals surface area contributed by atoms with Gasteiger partial charge < -0.3 is 11.5 Å². The van der Waals surface area contributed by atoms with Gasteiger partial charge in [-0.3, -0.25) is 0 Å². The summed E-state index contributed by atoms with van der Waals surface area (Å²) in [6.07, 6.45) is 5.72. The van der Waals surface area contributed by atoms with Gasteiger partial charge in [0.1, 0.15) is 0 Å². The fourth-order valence-electron chi connectivity index (χ4n) is 2.84. The molecule has 0 aromatic heterocycles. The monoisotopic (exact) mass is 184 g/mol. The van der Waals surface area contributed by atoms with E-state index in [1.165, 1.54) is 12.8 Å². The predicted molar refractivity (Wildman–Crippen MR) is 57.4 cm³/mol. The molecule has 0 heterocycles. The summed E-state index contributed by atoms with van der Waals surface area (Å²) < 4.78 is 0. The first-order chi connectivity index (χ1) is 6.00. The molecule has 4 N–H and O–H groups in total. The van der Waals surface area contributed by atoms with Crippen LogP contribution in [-0.4, -0.2) is 11.6 Å². The molecule has 0 radical (unpaired) electrons. The van der Waals surface area contributed by atoms with E-state index in [4.69, 9.17) is 11.5 Å². The van der Waals surface area contributed by atoms with Crippen molar-refractivity contribution >= 4 is 0 Å². The van der Waals surface area contributed by atoms with Crippen molar-refractivity contribution in [3.63, 3.8) is 0 Å². The molecule has 2 nitrogen and oxygen atoms in total. The Balaban J connectivity index is 2.93. The number of hydrogen-bond acceptors (Lipinski definition) is 2. The summed E-state index contributed by atoms with van der Waals surface area (Å²) in [5.41, 5.74) is 12.7. The Morgan fingerprint density at radius 3 is 2.31 bits per heavy atom. The molecule has 1 saturated carbocycles. The van der Waals surface area contributed by atoms with Crippen molar-refractivity contribution in [2.75, 3.05) is 0 Å². The number of hydrogen-bond donors (Lipinski definition) is 2. The standard InChI is InChI=1S/C11H24N2/c1-4-10(3)8-6-7-9(12)11(10,13)5-2/h9H,4-8,12-13H2,1-3H3. The Morgan fingerprint density at radius 1 is 1.31 bits per heavy atom. The molecular formula is C11H24N2. The SMILES string of the molecule is CCC1(C)CCCC(N)C1(N)CC. The van der Waals surface area contributed by atoms with Crippen molar-refractivity contribution in [1.29, 1.82) is 0 Å². The lowest BCUT2D eigenvalue weighted by Crippen LogP contribution is -2.66. The Hall–Kier alpha value is -0.0800. The first-order valence-electron chi connectivity index (χ1n) is 5.54. The number of rotatable bonds is 2. The molecule has 13 heavy (non-hydrogen) atoms. The minimum atomic E-state index is -0.139. The van der Waals surface area contributed by atoms with Gasteiger partial charge in [-0.1, -0.05) is 27.2 Å². The normalized spacial score (nSPS) is 46.4. The molecule has 3 unspecified atom stereocenters. The van der Waals surface area contributed by atoms with Crippen LogP contribution in [0.3, 0.4) is 0 Å². The van der Waals surface area contributed by atoms with Gasteiger partial charge in [0.25, 0.3) is 0 Å². The zero-order valence-electron chi connectivity index (χ0n) is 9.27. The van der Waals surface area contributed by atoms with Crippen molar-refractivity contribution in [3.8, 4) is 0 Å². The Morgan fingerprint density at radius 2 is 1.92 bits per heavy atom. The summed E-state index contributed by atoms with van der Waals surface area (Å²) in [4.78, 5) is 0. The van der Waals surface area contributed by atoms with E-state index < -0.39 is 0 Å². The molecule has 1 fully saturated rings. The van der Waals surface area contributed by atoms with Crippen LogP contribution in [0.15, 0.2) is 0 Å². The maximum atomic E-state index is 6.47. The van der Waals surface area contributed by atoms with Crippen molar-refractivity contribution in [2.45, 2.75) is 64.5 Å². The van der Waals surface area contributed by atoms with Crippen molar-refractivity contribution in [1.82, 2.24) is 0 Å².